The highest BCUT2D eigenvalue weighted by atomic mass is 15.2. The van der Waals surface area contributed by atoms with Crippen molar-refractivity contribution in [1.82, 2.24) is 10.2 Å². The molecule has 0 aliphatic heterocycles. The molecule has 2 rings (SSSR count). The molecule has 2 heteroatoms. The highest BCUT2D eigenvalue weighted by Crippen LogP contribution is 2.47. The average molecular weight is 224 g/mol. The van der Waals surface area contributed by atoms with Gasteiger partial charge in [-0.1, -0.05) is 6.42 Å². The van der Waals surface area contributed by atoms with Gasteiger partial charge in [0.1, 0.15) is 0 Å². The largest absolute Gasteiger partial charge is 0.315 e. The number of nitrogens with zero attached hydrogens (tertiary/aromatic N) is 1. The van der Waals surface area contributed by atoms with E-state index < -0.39 is 0 Å². The second-order valence-electron chi connectivity index (χ2n) is 6.77. The summed E-state index contributed by atoms with van der Waals surface area (Å²) in [6.07, 6.45) is 6.06. The van der Waals surface area contributed by atoms with Crippen LogP contribution in [0.4, 0.5) is 0 Å². The van der Waals surface area contributed by atoms with Crippen LogP contribution in [0.15, 0.2) is 0 Å². The number of likely N-dealkylation sites (N-methyl/N-ethyl adjacent to an activating group) is 1. The van der Waals surface area contributed by atoms with Crippen molar-refractivity contribution in [1.29, 1.82) is 0 Å². The summed E-state index contributed by atoms with van der Waals surface area (Å²) in [6, 6.07) is 0. The third kappa shape index (κ3) is 2.60. The summed E-state index contributed by atoms with van der Waals surface area (Å²) in [5.41, 5.74) is 0.275. The van der Waals surface area contributed by atoms with Crippen LogP contribution in [0.5, 0.6) is 0 Å². The highest BCUT2D eigenvalue weighted by molar-refractivity contribution is 4.91. The van der Waals surface area contributed by atoms with E-state index in [1.54, 1.807) is 0 Å². The monoisotopic (exact) mass is 224 g/mol. The first-order chi connectivity index (χ1) is 7.49. The Labute approximate surface area is 101 Å². The van der Waals surface area contributed by atoms with Crippen molar-refractivity contribution in [2.75, 3.05) is 27.2 Å². The van der Waals surface area contributed by atoms with Gasteiger partial charge in [0.2, 0.25) is 0 Å². The van der Waals surface area contributed by atoms with E-state index in [0.29, 0.717) is 0 Å². The number of hydrogen-bond donors (Lipinski definition) is 1. The van der Waals surface area contributed by atoms with E-state index in [9.17, 15) is 0 Å². The van der Waals surface area contributed by atoms with E-state index in [2.05, 4.69) is 38.2 Å². The second-order valence-corrected chi connectivity index (χ2v) is 6.77. The first-order valence-electron chi connectivity index (χ1n) is 6.87. The van der Waals surface area contributed by atoms with E-state index in [0.717, 1.165) is 24.3 Å². The molecule has 2 bridgehead atoms. The molecule has 0 radical (unpaired) electrons. The third-order valence-corrected chi connectivity index (χ3v) is 5.06. The maximum absolute atomic E-state index is 3.69. The minimum atomic E-state index is 0.275. The van der Waals surface area contributed by atoms with Crippen molar-refractivity contribution < 1.29 is 0 Å². The predicted octanol–water partition coefficient (Wildman–Crippen LogP) is 2.35. The molecule has 0 aromatic carbocycles. The van der Waals surface area contributed by atoms with Crippen molar-refractivity contribution in [2.45, 2.75) is 45.1 Å². The fraction of sp³-hybridized carbons (Fsp3) is 1.00. The molecule has 3 atom stereocenters. The smallest absolute Gasteiger partial charge is 0.0271 e. The van der Waals surface area contributed by atoms with Gasteiger partial charge in [-0.15, -0.1) is 0 Å². The van der Waals surface area contributed by atoms with Crippen LogP contribution in [0.25, 0.3) is 0 Å². The van der Waals surface area contributed by atoms with Crippen LogP contribution in [0.2, 0.25) is 0 Å². The molecule has 0 amide bonds. The Morgan fingerprint density at radius 1 is 1.19 bits per heavy atom. The zero-order chi connectivity index (χ0) is 11.8. The molecule has 16 heavy (non-hydrogen) atoms. The van der Waals surface area contributed by atoms with Crippen molar-refractivity contribution in [3.05, 3.63) is 0 Å². The van der Waals surface area contributed by atoms with Gasteiger partial charge in [-0.25, -0.2) is 0 Å². The van der Waals surface area contributed by atoms with Crippen LogP contribution < -0.4 is 5.32 Å². The van der Waals surface area contributed by atoms with Crippen LogP contribution >= 0.6 is 0 Å². The van der Waals surface area contributed by atoms with Crippen molar-refractivity contribution >= 4 is 0 Å². The summed E-state index contributed by atoms with van der Waals surface area (Å²) in [5.74, 6) is 3.12. The van der Waals surface area contributed by atoms with Gasteiger partial charge in [0, 0.05) is 12.1 Å². The lowest BCUT2D eigenvalue weighted by atomic mass is 9.88. The lowest BCUT2D eigenvalue weighted by Crippen LogP contribution is -2.47. The molecule has 3 unspecified atom stereocenters. The number of hydrogen-bond acceptors (Lipinski definition) is 2. The molecule has 2 nitrogen and oxygen atoms in total. The second kappa shape index (κ2) is 4.66. The fourth-order valence-electron chi connectivity index (χ4n) is 3.35. The van der Waals surface area contributed by atoms with Crippen LogP contribution in [0, 0.1) is 17.8 Å². The highest BCUT2D eigenvalue weighted by Gasteiger charge is 2.39. The van der Waals surface area contributed by atoms with Gasteiger partial charge in [0.15, 0.2) is 0 Å². The molecular weight excluding hydrogens is 196 g/mol. The van der Waals surface area contributed by atoms with Gasteiger partial charge in [0.25, 0.3) is 0 Å². The topological polar surface area (TPSA) is 15.3 Å². The molecule has 0 aromatic rings. The molecule has 2 aliphatic rings. The molecule has 1 N–H and O–H groups in total. The summed E-state index contributed by atoms with van der Waals surface area (Å²) in [7, 11) is 4.33. The maximum atomic E-state index is 3.69. The third-order valence-electron chi connectivity index (χ3n) is 5.06. The van der Waals surface area contributed by atoms with Gasteiger partial charge in [-0.3, -0.25) is 0 Å². The Morgan fingerprint density at radius 2 is 1.94 bits per heavy atom. The zero-order valence-electron chi connectivity index (χ0n) is 11.4. The minimum Gasteiger partial charge on any atom is -0.315 e. The normalized spacial score (nSPS) is 33.9. The van der Waals surface area contributed by atoms with Crippen LogP contribution in [0.1, 0.15) is 39.5 Å². The first-order valence-corrected chi connectivity index (χ1v) is 6.87. The van der Waals surface area contributed by atoms with Crippen molar-refractivity contribution in [3.8, 4) is 0 Å². The first kappa shape index (κ1) is 12.4. The maximum Gasteiger partial charge on any atom is 0.0271 e. The molecule has 0 spiro atoms. The molecule has 0 saturated heterocycles. The quantitative estimate of drug-likeness (QED) is 0.771. The Hall–Kier alpha value is -0.0800. The Bertz CT molecular complexity index is 235. The predicted molar refractivity (Wildman–Crippen MR) is 69.6 cm³/mol. The molecule has 94 valence electrons. The average Bonchev–Trinajstić information content (AvgIpc) is 2.78. The SMILES string of the molecule is CN(C)C(C)(C)CNCC1CC2CCC1C2. The lowest BCUT2D eigenvalue weighted by molar-refractivity contribution is 0.183. The van der Waals surface area contributed by atoms with E-state index in [1.807, 2.05) is 0 Å². The summed E-state index contributed by atoms with van der Waals surface area (Å²) >= 11 is 0. The van der Waals surface area contributed by atoms with Gasteiger partial charge in [-0.2, -0.15) is 0 Å². The molecule has 2 aliphatic carbocycles. The van der Waals surface area contributed by atoms with Gasteiger partial charge in [0.05, 0.1) is 0 Å². The van der Waals surface area contributed by atoms with Gasteiger partial charge < -0.3 is 10.2 Å². The minimum absolute atomic E-state index is 0.275. The number of nitrogens with one attached hydrogen (secondary N) is 1. The van der Waals surface area contributed by atoms with E-state index in [4.69, 9.17) is 0 Å². The van der Waals surface area contributed by atoms with Crippen molar-refractivity contribution in [2.24, 2.45) is 17.8 Å². The van der Waals surface area contributed by atoms with Crippen molar-refractivity contribution in [3.63, 3.8) is 0 Å². The Balaban J connectivity index is 1.69. The van der Waals surface area contributed by atoms with E-state index in [1.165, 1.54) is 32.2 Å². The summed E-state index contributed by atoms with van der Waals surface area (Å²) in [6.45, 7) is 6.97. The number of fused-ring (bicyclic) bond motifs is 2. The summed E-state index contributed by atoms with van der Waals surface area (Å²) in [4.78, 5) is 2.31. The van der Waals surface area contributed by atoms with E-state index in [-0.39, 0.29) is 5.54 Å². The van der Waals surface area contributed by atoms with Gasteiger partial charge in [-0.05, 0) is 71.5 Å². The Morgan fingerprint density at radius 3 is 2.44 bits per heavy atom. The molecule has 2 saturated carbocycles. The lowest BCUT2D eigenvalue weighted by Gasteiger charge is -2.33. The Kier molecular flexibility index (Phi) is 3.60. The molecule has 2 fully saturated rings. The van der Waals surface area contributed by atoms with Crippen LogP contribution in [0.3, 0.4) is 0 Å². The van der Waals surface area contributed by atoms with E-state index >= 15 is 0 Å². The van der Waals surface area contributed by atoms with Crippen LogP contribution in [-0.2, 0) is 0 Å². The fourth-order valence-corrected chi connectivity index (χ4v) is 3.35. The molecule has 0 aromatic heterocycles. The van der Waals surface area contributed by atoms with Crippen LogP contribution in [-0.4, -0.2) is 37.6 Å². The zero-order valence-corrected chi connectivity index (χ0v) is 11.4. The standard InChI is InChI=1S/C14H28N2/c1-14(2,16(3)4)10-15-9-13-8-11-5-6-12(13)7-11/h11-13,15H,5-10H2,1-4H3. The summed E-state index contributed by atoms with van der Waals surface area (Å²) < 4.78 is 0. The summed E-state index contributed by atoms with van der Waals surface area (Å²) in [5, 5.41) is 3.69. The van der Waals surface area contributed by atoms with Gasteiger partial charge >= 0.3 is 0 Å². The molecular formula is C14H28N2. The molecule has 0 heterocycles. The number of rotatable bonds is 5.